The minimum atomic E-state index is -2.65. The molecule has 0 aliphatic heterocycles. The number of primary amides is 1. The van der Waals surface area contributed by atoms with Crippen molar-refractivity contribution in [3.05, 3.63) is 57.9 Å². The molecule has 1 fully saturated rings. The number of phenols is 1. The molecule has 5 rings (SSSR count). The standard InChI is InChI=1S/C30H35N3O7/c1-29(2,3)32-12-13-7-6-8-16-17(13)10-14-9-15-11-18-22(33(4)5)25(36)21(28(31)39)27(38)30(18,40)26(37)20(15)24(35)19(14)23(16)34/h6-8,10,15,18,22,32,34-35,38,40H,9,11-12H2,1-5H3,(H2,31,39)/t15-,18-,22-,30-/m0/s1. The number of ketones is 2. The molecule has 2 aromatic carbocycles. The van der Waals surface area contributed by atoms with E-state index in [0.717, 1.165) is 10.9 Å². The topological polar surface area (TPSA) is 173 Å². The van der Waals surface area contributed by atoms with E-state index in [2.05, 4.69) is 26.1 Å². The lowest BCUT2D eigenvalue weighted by Gasteiger charge is -2.50. The molecule has 212 valence electrons. The maximum Gasteiger partial charge on any atom is 0.255 e. The van der Waals surface area contributed by atoms with Crippen LogP contribution in [0, 0.1) is 11.8 Å². The van der Waals surface area contributed by atoms with Gasteiger partial charge in [-0.25, -0.2) is 0 Å². The number of nitrogens with one attached hydrogen (secondary N) is 1. The van der Waals surface area contributed by atoms with Gasteiger partial charge in [0.05, 0.1) is 11.6 Å². The predicted octanol–water partition coefficient (Wildman–Crippen LogP) is 2.01. The number of carbonyl (C=O) groups excluding carboxylic acids is 3. The van der Waals surface area contributed by atoms with Crippen molar-refractivity contribution in [1.82, 2.24) is 10.2 Å². The molecule has 0 aromatic heterocycles. The van der Waals surface area contributed by atoms with Crippen LogP contribution in [-0.2, 0) is 27.3 Å². The first-order valence-corrected chi connectivity index (χ1v) is 13.3. The van der Waals surface area contributed by atoms with Crippen LogP contribution in [0.2, 0.25) is 0 Å². The van der Waals surface area contributed by atoms with Crippen molar-refractivity contribution in [2.75, 3.05) is 14.1 Å². The summed E-state index contributed by atoms with van der Waals surface area (Å²) in [6.07, 6.45) is 0.302. The molecular weight excluding hydrogens is 514 g/mol. The number of fused-ring (bicyclic) bond motifs is 4. The van der Waals surface area contributed by atoms with Gasteiger partial charge < -0.3 is 31.5 Å². The lowest BCUT2D eigenvalue weighted by Crippen LogP contribution is -2.65. The smallest absolute Gasteiger partial charge is 0.255 e. The summed E-state index contributed by atoms with van der Waals surface area (Å²) in [6.45, 7) is 6.71. The van der Waals surface area contributed by atoms with E-state index in [1.54, 1.807) is 26.2 Å². The van der Waals surface area contributed by atoms with Gasteiger partial charge in [0.2, 0.25) is 5.78 Å². The highest BCUT2D eigenvalue weighted by Crippen LogP contribution is 2.53. The second-order valence-corrected chi connectivity index (χ2v) is 12.3. The molecule has 0 radical (unpaired) electrons. The highest BCUT2D eigenvalue weighted by Gasteiger charge is 2.64. The summed E-state index contributed by atoms with van der Waals surface area (Å²) >= 11 is 0. The van der Waals surface area contributed by atoms with Gasteiger partial charge in [0.15, 0.2) is 11.4 Å². The van der Waals surface area contributed by atoms with Gasteiger partial charge in [-0.05, 0) is 76.2 Å². The number of aliphatic hydroxyl groups is 3. The second kappa shape index (κ2) is 9.15. The van der Waals surface area contributed by atoms with E-state index in [9.17, 15) is 34.8 Å². The van der Waals surface area contributed by atoms with Gasteiger partial charge in [0.1, 0.15) is 22.8 Å². The summed E-state index contributed by atoms with van der Waals surface area (Å²) in [7, 11) is 3.15. The third kappa shape index (κ3) is 3.93. The first-order chi connectivity index (χ1) is 18.6. The van der Waals surface area contributed by atoms with Crippen molar-refractivity contribution in [3.8, 4) is 5.75 Å². The fourth-order valence-electron chi connectivity index (χ4n) is 6.61. The largest absolute Gasteiger partial charge is 0.508 e. The third-order valence-electron chi connectivity index (χ3n) is 8.47. The molecule has 3 aliphatic rings. The number of carbonyl (C=O) groups is 3. The van der Waals surface area contributed by atoms with Crippen LogP contribution in [0.3, 0.4) is 0 Å². The fraction of sp³-hybridized carbons (Fsp3) is 0.433. The zero-order valence-corrected chi connectivity index (χ0v) is 23.2. The van der Waals surface area contributed by atoms with Crippen molar-refractivity contribution in [2.45, 2.75) is 57.3 Å². The lowest BCUT2D eigenvalue weighted by molar-refractivity contribution is -0.153. The Morgan fingerprint density at radius 1 is 1.15 bits per heavy atom. The van der Waals surface area contributed by atoms with Crippen LogP contribution in [0.1, 0.15) is 43.9 Å². The van der Waals surface area contributed by atoms with E-state index < -0.39 is 58.0 Å². The number of hydrogen-bond acceptors (Lipinski definition) is 9. The number of aliphatic hydroxyl groups excluding tert-OH is 2. The molecule has 0 heterocycles. The minimum absolute atomic E-state index is 0.0534. The first kappa shape index (κ1) is 27.8. The van der Waals surface area contributed by atoms with Crippen molar-refractivity contribution in [2.24, 2.45) is 17.6 Å². The van der Waals surface area contributed by atoms with Crippen molar-refractivity contribution >= 4 is 34.0 Å². The number of rotatable bonds is 4. The maximum atomic E-state index is 14.0. The molecule has 0 saturated heterocycles. The van der Waals surface area contributed by atoms with E-state index >= 15 is 0 Å². The van der Waals surface area contributed by atoms with Gasteiger partial charge in [-0.1, -0.05) is 18.2 Å². The molecule has 2 aromatic rings. The van der Waals surface area contributed by atoms with Gasteiger partial charge >= 0.3 is 0 Å². The third-order valence-corrected chi connectivity index (χ3v) is 8.47. The molecule has 0 spiro atoms. The Kier molecular flexibility index (Phi) is 6.37. The van der Waals surface area contributed by atoms with E-state index in [1.807, 2.05) is 12.1 Å². The Bertz CT molecular complexity index is 1550. The van der Waals surface area contributed by atoms with Gasteiger partial charge in [-0.3, -0.25) is 19.3 Å². The number of Topliss-reactive ketones (excluding diaryl/α,β-unsaturated/α-hetero) is 2. The highest BCUT2D eigenvalue weighted by atomic mass is 16.3. The molecule has 1 amide bonds. The molecule has 4 atom stereocenters. The number of benzene rings is 2. The first-order valence-electron chi connectivity index (χ1n) is 13.3. The van der Waals surface area contributed by atoms with Gasteiger partial charge in [-0.15, -0.1) is 0 Å². The monoisotopic (exact) mass is 549 g/mol. The molecule has 3 aliphatic carbocycles. The Balaban J connectivity index is 1.70. The molecule has 40 heavy (non-hydrogen) atoms. The van der Waals surface area contributed by atoms with Gasteiger partial charge in [0.25, 0.3) is 5.91 Å². The summed E-state index contributed by atoms with van der Waals surface area (Å²) < 4.78 is 0. The number of likely N-dealkylation sites (N-methyl/N-ethyl adjacent to an activating group) is 1. The van der Waals surface area contributed by atoms with Crippen LogP contribution in [-0.4, -0.2) is 74.1 Å². The van der Waals surface area contributed by atoms with Crippen LogP contribution in [0.15, 0.2) is 41.2 Å². The van der Waals surface area contributed by atoms with Crippen LogP contribution in [0.5, 0.6) is 5.75 Å². The SMILES string of the molecule is CN(C)[C@@H]1C(=O)C(C(N)=O)=C(O)[C@@]2(O)C(=O)C3=C(O)c4c(cc5c(CNC(C)(C)C)cccc5c4O)C[C@H]3C[C@@H]12. The zero-order chi connectivity index (χ0) is 29.5. The predicted molar refractivity (Wildman–Crippen MR) is 148 cm³/mol. The van der Waals surface area contributed by atoms with Crippen LogP contribution in [0.25, 0.3) is 16.5 Å². The average molecular weight is 550 g/mol. The quantitative estimate of drug-likeness (QED) is 0.312. The average Bonchev–Trinajstić information content (AvgIpc) is 2.84. The number of nitrogens with two attached hydrogens (primary N) is 1. The molecule has 1 saturated carbocycles. The van der Waals surface area contributed by atoms with Crippen molar-refractivity contribution < 1.29 is 34.8 Å². The number of hydrogen-bond donors (Lipinski definition) is 6. The molecule has 0 bridgehead atoms. The van der Waals surface area contributed by atoms with Crippen LogP contribution >= 0.6 is 0 Å². The summed E-state index contributed by atoms with van der Waals surface area (Å²) in [5.41, 5.74) is 3.26. The van der Waals surface area contributed by atoms with Gasteiger partial charge in [-0.2, -0.15) is 0 Å². The Labute approximate surface area is 231 Å². The van der Waals surface area contributed by atoms with Gasteiger partial charge in [0, 0.05) is 29.0 Å². The number of aromatic hydroxyl groups is 1. The number of phenolic OH excluding ortho intramolecular Hbond substituents is 1. The zero-order valence-electron chi connectivity index (χ0n) is 23.2. The van der Waals surface area contributed by atoms with Crippen molar-refractivity contribution in [1.29, 1.82) is 0 Å². The fourth-order valence-corrected chi connectivity index (χ4v) is 6.61. The summed E-state index contributed by atoms with van der Waals surface area (Å²) in [4.78, 5) is 40.8. The molecule has 10 nitrogen and oxygen atoms in total. The Morgan fingerprint density at radius 2 is 1.82 bits per heavy atom. The second-order valence-electron chi connectivity index (χ2n) is 12.3. The van der Waals surface area contributed by atoms with Crippen LogP contribution < -0.4 is 11.1 Å². The molecule has 0 unspecified atom stereocenters. The Hall–Kier alpha value is -3.73. The Morgan fingerprint density at radius 3 is 2.42 bits per heavy atom. The highest BCUT2D eigenvalue weighted by molar-refractivity contribution is 6.24. The molecule has 7 N–H and O–H groups in total. The summed E-state index contributed by atoms with van der Waals surface area (Å²) in [5, 5.41) is 50.2. The maximum absolute atomic E-state index is 14.0. The number of nitrogens with zero attached hydrogens (tertiary/aromatic N) is 1. The number of amides is 1. The van der Waals surface area contributed by atoms with E-state index in [-0.39, 0.29) is 35.3 Å². The van der Waals surface area contributed by atoms with Crippen LogP contribution in [0.4, 0.5) is 0 Å². The van der Waals surface area contributed by atoms with E-state index in [0.29, 0.717) is 17.5 Å². The van der Waals surface area contributed by atoms with Crippen molar-refractivity contribution in [3.63, 3.8) is 0 Å². The normalized spacial score (nSPS) is 26.7. The summed E-state index contributed by atoms with van der Waals surface area (Å²) in [5.74, 6) is -6.55. The molecular formula is C30H35N3O7. The summed E-state index contributed by atoms with van der Waals surface area (Å²) in [6, 6.07) is 6.28. The molecule has 10 heteroatoms. The lowest BCUT2D eigenvalue weighted by atomic mass is 9.57. The van der Waals surface area contributed by atoms with E-state index in [1.165, 1.54) is 4.90 Å². The van der Waals surface area contributed by atoms with E-state index in [4.69, 9.17) is 5.73 Å². The minimum Gasteiger partial charge on any atom is -0.508 e.